The van der Waals surface area contributed by atoms with Crippen LogP contribution in [0.3, 0.4) is 0 Å². The van der Waals surface area contributed by atoms with E-state index in [-0.39, 0.29) is 30.4 Å². The quantitative estimate of drug-likeness (QED) is 0.760. The number of ketones is 1. The molecule has 0 bridgehead atoms. The lowest BCUT2D eigenvalue weighted by Crippen LogP contribution is -2.45. The van der Waals surface area contributed by atoms with Crippen molar-refractivity contribution in [1.82, 2.24) is 10.2 Å². The Bertz CT molecular complexity index is 309. The van der Waals surface area contributed by atoms with Crippen LogP contribution in [0.15, 0.2) is 0 Å². The van der Waals surface area contributed by atoms with Crippen molar-refractivity contribution in [2.24, 2.45) is 0 Å². The van der Waals surface area contributed by atoms with E-state index in [0.29, 0.717) is 0 Å². The van der Waals surface area contributed by atoms with E-state index in [4.69, 9.17) is 0 Å². The Morgan fingerprint density at radius 2 is 1.76 bits per heavy atom. The van der Waals surface area contributed by atoms with Gasteiger partial charge in [0.2, 0.25) is 11.8 Å². The van der Waals surface area contributed by atoms with Gasteiger partial charge in [-0.05, 0) is 26.7 Å². The van der Waals surface area contributed by atoms with Crippen molar-refractivity contribution in [3.8, 4) is 0 Å². The molecule has 5 heteroatoms. The number of hydrogen-bond donors (Lipinski definition) is 1. The van der Waals surface area contributed by atoms with E-state index >= 15 is 0 Å². The van der Waals surface area contributed by atoms with Gasteiger partial charge in [-0.25, -0.2) is 0 Å². The lowest BCUT2D eigenvalue weighted by Gasteiger charge is -2.21. The second kappa shape index (κ2) is 6.37. The van der Waals surface area contributed by atoms with Crippen LogP contribution in [0.5, 0.6) is 0 Å². The number of hydrogen-bond acceptors (Lipinski definition) is 3. The highest BCUT2D eigenvalue weighted by molar-refractivity contribution is 5.89. The smallest absolute Gasteiger partial charge is 0.244 e. The monoisotopic (exact) mass is 240 g/mol. The van der Waals surface area contributed by atoms with Crippen LogP contribution in [0.4, 0.5) is 0 Å². The molecule has 0 spiro atoms. The summed E-state index contributed by atoms with van der Waals surface area (Å²) < 4.78 is 0. The molecule has 1 rings (SSSR count). The Morgan fingerprint density at radius 1 is 1.18 bits per heavy atom. The highest BCUT2D eigenvalue weighted by Gasteiger charge is 2.24. The standard InChI is InChI=1S/C12H20N2O3/c1-9(15)5-6-11(16)13-10(2)12(17)14-7-3-4-8-14/h10H,3-8H2,1-2H3,(H,13,16). The number of likely N-dealkylation sites (tertiary alicyclic amines) is 1. The van der Waals surface area contributed by atoms with E-state index < -0.39 is 6.04 Å². The number of rotatable bonds is 5. The predicted octanol–water partition coefficient (Wildman–Crippen LogP) is 0.483. The average Bonchev–Trinajstić information content (AvgIpc) is 2.78. The zero-order valence-corrected chi connectivity index (χ0v) is 10.5. The summed E-state index contributed by atoms with van der Waals surface area (Å²) in [6, 6.07) is -0.493. The van der Waals surface area contributed by atoms with Gasteiger partial charge in [-0.1, -0.05) is 0 Å². The molecule has 1 atom stereocenters. The van der Waals surface area contributed by atoms with E-state index in [1.165, 1.54) is 6.92 Å². The second-order valence-electron chi connectivity index (χ2n) is 4.52. The van der Waals surface area contributed by atoms with E-state index in [1.54, 1.807) is 11.8 Å². The van der Waals surface area contributed by atoms with Crippen LogP contribution in [0, 0.1) is 0 Å². The third kappa shape index (κ3) is 4.54. The van der Waals surface area contributed by atoms with Gasteiger partial charge in [0.05, 0.1) is 0 Å². The molecule has 5 nitrogen and oxygen atoms in total. The van der Waals surface area contributed by atoms with E-state index in [2.05, 4.69) is 5.32 Å². The van der Waals surface area contributed by atoms with E-state index in [1.807, 2.05) is 0 Å². The molecule has 0 aromatic heterocycles. The molecule has 0 radical (unpaired) electrons. The Hall–Kier alpha value is -1.39. The van der Waals surface area contributed by atoms with E-state index in [9.17, 15) is 14.4 Å². The van der Waals surface area contributed by atoms with Crippen molar-refractivity contribution in [2.45, 2.75) is 45.6 Å². The summed E-state index contributed by atoms with van der Waals surface area (Å²) in [5, 5.41) is 2.63. The Labute approximate surface area is 102 Å². The van der Waals surface area contributed by atoms with Gasteiger partial charge in [-0.15, -0.1) is 0 Å². The molecular weight excluding hydrogens is 220 g/mol. The highest BCUT2D eigenvalue weighted by atomic mass is 16.2. The zero-order chi connectivity index (χ0) is 12.8. The first-order chi connectivity index (χ1) is 8.00. The Morgan fingerprint density at radius 3 is 2.29 bits per heavy atom. The molecule has 17 heavy (non-hydrogen) atoms. The molecular formula is C12H20N2O3. The maximum Gasteiger partial charge on any atom is 0.244 e. The molecule has 1 aliphatic heterocycles. The summed E-state index contributed by atoms with van der Waals surface area (Å²) in [5.41, 5.74) is 0. The maximum atomic E-state index is 11.9. The molecule has 1 N–H and O–H groups in total. The minimum Gasteiger partial charge on any atom is -0.345 e. The minimum atomic E-state index is -0.493. The van der Waals surface area contributed by atoms with Crippen LogP contribution >= 0.6 is 0 Å². The number of nitrogens with zero attached hydrogens (tertiary/aromatic N) is 1. The molecule has 0 aliphatic carbocycles. The summed E-state index contributed by atoms with van der Waals surface area (Å²) >= 11 is 0. The van der Waals surface area contributed by atoms with Gasteiger partial charge in [0, 0.05) is 25.9 Å². The van der Waals surface area contributed by atoms with Crippen molar-refractivity contribution >= 4 is 17.6 Å². The van der Waals surface area contributed by atoms with Crippen molar-refractivity contribution in [1.29, 1.82) is 0 Å². The van der Waals surface area contributed by atoms with Crippen molar-refractivity contribution in [3.05, 3.63) is 0 Å². The number of nitrogens with one attached hydrogen (secondary N) is 1. The fraction of sp³-hybridized carbons (Fsp3) is 0.750. The van der Waals surface area contributed by atoms with Gasteiger partial charge in [0.15, 0.2) is 0 Å². The Balaban J connectivity index is 2.32. The molecule has 96 valence electrons. The van der Waals surface area contributed by atoms with Crippen LogP contribution in [0.25, 0.3) is 0 Å². The third-order valence-corrected chi connectivity index (χ3v) is 2.87. The molecule has 2 amide bonds. The van der Waals surface area contributed by atoms with Crippen LogP contribution < -0.4 is 5.32 Å². The van der Waals surface area contributed by atoms with Crippen LogP contribution in [-0.2, 0) is 14.4 Å². The second-order valence-corrected chi connectivity index (χ2v) is 4.52. The molecule has 1 saturated heterocycles. The van der Waals surface area contributed by atoms with Gasteiger partial charge < -0.3 is 15.0 Å². The number of carbonyl (C=O) groups is 3. The third-order valence-electron chi connectivity index (χ3n) is 2.87. The largest absolute Gasteiger partial charge is 0.345 e. The molecule has 0 aromatic carbocycles. The number of Topliss-reactive ketones (excluding diaryl/α,β-unsaturated/α-hetero) is 1. The van der Waals surface area contributed by atoms with Crippen molar-refractivity contribution < 1.29 is 14.4 Å². The minimum absolute atomic E-state index is 0.0151. The zero-order valence-electron chi connectivity index (χ0n) is 10.5. The first-order valence-electron chi connectivity index (χ1n) is 6.08. The summed E-state index contributed by atoms with van der Waals surface area (Å²) in [5.74, 6) is -0.280. The Kier molecular flexibility index (Phi) is 5.12. The van der Waals surface area contributed by atoms with Gasteiger partial charge in [-0.3, -0.25) is 9.59 Å². The fourth-order valence-corrected chi connectivity index (χ4v) is 1.88. The van der Waals surface area contributed by atoms with Crippen molar-refractivity contribution in [3.63, 3.8) is 0 Å². The first kappa shape index (κ1) is 13.7. The SMILES string of the molecule is CC(=O)CCC(=O)NC(C)C(=O)N1CCCC1. The average molecular weight is 240 g/mol. The normalized spacial score (nSPS) is 16.7. The number of amides is 2. The summed E-state index contributed by atoms with van der Waals surface area (Å²) in [6.07, 6.45) is 2.47. The maximum absolute atomic E-state index is 11.9. The van der Waals surface area contributed by atoms with Crippen molar-refractivity contribution in [2.75, 3.05) is 13.1 Å². The first-order valence-corrected chi connectivity index (χ1v) is 6.08. The molecule has 1 heterocycles. The predicted molar refractivity (Wildman–Crippen MR) is 63.3 cm³/mol. The van der Waals surface area contributed by atoms with Crippen LogP contribution in [-0.4, -0.2) is 41.6 Å². The van der Waals surface area contributed by atoms with Gasteiger partial charge in [-0.2, -0.15) is 0 Å². The topological polar surface area (TPSA) is 66.5 Å². The summed E-state index contributed by atoms with van der Waals surface area (Å²) in [7, 11) is 0. The summed E-state index contributed by atoms with van der Waals surface area (Å²) in [4.78, 5) is 35.8. The lowest BCUT2D eigenvalue weighted by molar-refractivity contribution is -0.135. The van der Waals surface area contributed by atoms with E-state index in [0.717, 1.165) is 25.9 Å². The van der Waals surface area contributed by atoms with Gasteiger partial charge >= 0.3 is 0 Å². The molecule has 0 aromatic rings. The van der Waals surface area contributed by atoms with Crippen LogP contribution in [0.2, 0.25) is 0 Å². The van der Waals surface area contributed by atoms with Crippen LogP contribution in [0.1, 0.15) is 39.5 Å². The van der Waals surface area contributed by atoms with Gasteiger partial charge in [0.25, 0.3) is 0 Å². The lowest BCUT2D eigenvalue weighted by atomic mass is 10.2. The fourth-order valence-electron chi connectivity index (χ4n) is 1.88. The molecule has 1 aliphatic rings. The molecule has 1 fully saturated rings. The molecule has 0 saturated carbocycles. The highest BCUT2D eigenvalue weighted by Crippen LogP contribution is 2.09. The number of carbonyl (C=O) groups excluding carboxylic acids is 3. The summed E-state index contributed by atoms with van der Waals surface area (Å²) in [6.45, 7) is 4.71. The molecule has 1 unspecified atom stereocenters. The van der Waals surface area contributed by atoms with Gasteiger partial charge in [0.1, 0.15) is 11.8 Å².